The molecule has 0 aliphatic carbocycles. The van der Waals surface area contributed by atoms with Gasteiger partial charge in [-0.25, -0.2) is 9.37 Å². The van der Waals surface area contributed by atoms with Gasteiger partial charge in [-0.2, -0.15) is 0 Å². The van der Waals surface area contributed by atoms with Gasteiger partial charge in [0.05, 0.1) is 20.1 Å². The topological polar surface area (TPSA) is 38.9 Å². The lowest BCUT2D eigenvalue weighted by Gasteiger charge is -1.86. The quantitative estimate of drug-likeness (QED) is 0.714. The van der Waals surface area contributed by atoms with Crippen LogP contribution in [-0.4, -0.2) is 4.98 Å². The first-order valence-electron chi connectivity index (χ1n) is 4.64. The Morgan fingerprint density at radius 3 is 2.75 bits per heavy atom. The van der Waals surface area contributed by atoms with E-state index in [0.717, 1.165) is 19.6 Å². The van der Waals surface area contributed by atoms with Crippen molar-refractivity contribution in [2.24, 2.45) is 0 Å². The van der Waals surface area contributed by atoms with Crippen molar-refractivity contribution in [2.75, 3.05) is 5.73 Å². The van der Waals surface area contributed by atoms with Crippen LogP contribution >= 0.6 is 22.7 Å². The van der Waals surface area contributed by atoms with Gasteiger partial charge in [0.15, 0.2) is 0 Å². The van der Waals surface area contributed by atoms with E-state index in [1.807, 2.05) is 12.1 Å². The number of nitrogens with zero attached hydrogens (tertiary/aromatic N) is 1. The molecule has 0 radical (unpaired) electrons. The Balaban J connectivity index is 2.18. The van der Waals surface area contributed by atoms with E-state index in [4.69, 9.17) is 5.73 Å². The largest absolute Gasteiger partial charge is 0.391 e. The summed E-state index contributed by atoms with van der Waals surface area (Å²) in [4.78, 5) is 5.42. The summed E-state index contributed by atoms with van der Waals surface area (Å²) in [5.74, 6) is -0.255. The van der Waals surface area contributed by atoms with Crippen LogP contribution in [0.4, 0.5) is 9.39 Å². The van der Waals surface area contributed by atoms with Gasteiger partial charge < -0.3 is 5.73 Å². The molecule has 2 nitrogen and oxygen atoms in total. The van der Waals surface area contributed by atoms with Gasteiger partial charge in [-0.3, -0.25) is 0 Å². The third-order valence-electron chi connectivity index (χ3n) is 2.19. The molecule has 0 saturated heterocycles. The number of anilines is 1. The summed E-state index contributed by atoms with van der Waals surface area (Å²) in [5, 5.41) is 1.66. The standard InChI is InChI=1S/C11H7FN2S2/c12-6-1-2-8-7(5-6)14-11(16-8)9-3-4-10(13)15-9/h1-5H,13H2. The van der Waals surface area contributed by atoms with Gasteiger partial charge in [-0.15, -0.1) is 22.7 Å². The van der Waals surface area contributed by atoms with Crippen LogP contribution in [0, 0.1) is 5.82 Å². The molecule has 5 heteroatoms. The van der Waals surface area contributed by atoms with Crippen molar-refractivity contribution < 1.29 is 4.39 Å². The smallest absolute Gasteiger partial charge is 0.134 e. The highest BCUT2D eigenvalue weighted by Crippen LogP contribution is 2.35. The highest BCUT2D eigenvalue weighted by atomic mass is 32.1. The predicted octanol–water partition coefficient (Wildman–Crippen LogP) is 3.75. The molecule has 0 saturated carbocycles. The summed E-state index contributed by atoms with van der Waals surface area (Å²) in [5.41, 5.74) is 6.37. The van der Waals surface area contributed by atoms with Crippen molar-refractivity contribution >= 4 is 37.9 Å². The van der Waals surface area contributed by atoms with Gasteiger partial charge in [0.2, 0.25) is 0 Å². The maximum absolute atomic E-state index is 13.0. The molecule has 16 heavy (non-hydrogen) atoms. The first kappa shape index (κ1) is 9.74. The molecule has 2 aromatic heterocycles. The lowest BCUT2D eigenvalue weighted by molar-refractivity contribution is 0.629. The third-order valence-corrected chi connectivity index (χ3v) is 4.31. The number of thiophene rings is 1. The van der Waals surface area contributed by atoms with Crippen molar-refractivity contribution in [1.82, 2.24) is 4.98 Å². The van der Waals surface area contributed by atoms with E-state index in [9.17, 15) is 4.39 Å². The van der Waals surface area contributed by atoms with E-state index in [1.165, 1.54) is 23.5 Å². The summed E-state index contributed by atoms with van der Waals surface area (Å²) in [6.07, 6.45) is 0. The fraction of sp³-hybridized carbons (Fsp3) is 0. The molecule has 3 rings (SSSR count). The van der Waals surface area contributed by atoms with E-state index in [2.05, 4.69) is 4.98 Å². The average Bonchev–Trinajstić information content (AvgIpc) is 2.83. The number of hydrogen-bond donors (Lipinski definition) is 1. The Labute approximate surface area is 99.2 Å². The minimum Gasteiger partial charge on any atom is -0.391 e. The zero-order chi connectivity index (χ0) is 11.1. The summed E-state index contributed by atoms with van der Waals surface area (Å²) in [6, 6.07) is 8.45. The van der Waals surface area contributed by atoms with Gasteiger partial charge in [-0.05, 0) is 24.3 Å². The highest BCUT2D eigenvalue weighted by molar-refractivity contribution is 7.26. The zero-order valence-corrected chi connectivity index (χ0v) is 9.74. The van der Waals surface area contributed by atoms with Crippen LogP contribution in [0.3, 0.4) is 0 Å². The molecule has 0 fully saturated rings. The molecule has 0 aliphatic rings. The average molecular weight is 250 g/mol. The van der Waals surface area contributed by atoms with Crippen LogP contribution in [0.5, 0.6) is 0 Å². The summed E-state index contributed by atoms with van der Waals surface area (Å²) in [6.45, 7) is 0. The lowest BCUT2D eigenvalue weighted by atomic mass is 10.3. The minimum absolute atomic E-state index is 0.255. The van der Waals surface area contributed by atoms with E-state index in [1.54, 1.807) is 17.4 Å². The molecule has 0 aliphatic heterocycles. The fourth-order valence-corrected chi connectivity index (χ4v) is 3.25. The Morgan fingerprint density at radius 1 is 1.12 bits per heavy atom. The molecule has 1 aromatic carbocycles. The first-order chi connectivity index (χ1) is 7.72. The van der Waals surface area contributed by atoms with E-state index >= 15 is 0 Å². The van der Waals surface area contributed by atoms with Crippen molar-refractivity contribution in [3.05, 3.63) is 36.1 Å². The first-order valence-corrected chi connectivity index (χ1v) is 6.27. The second-order valence-electron chi connectivity index (χ2n) is 3.33. The van der Waals surface area contributed by atoms with Gasteiger partial charge in [0.1, 0.15) is 10.8 Å². The van der Waals surface area contributed by atoms with E-state index in [0.29, 0.717) is 5.52 Å². The number of thiazole rings is 1. The number of benzene rings is 1. The number of aromatic nitrogens is 1. The van der Waals surface area contributed by atoms with E-state index < -0.39 is 0 Å². The van der Waals surface area contributed by atoms with Crippen LogP contribution in [0.15, 0.2) is 30.3 Å². The molecule has 2 heterocycles. The number of rotatable bonds is 1. The molecule has 80 valence electrons. The fourth-order valence-electron chi connectivity index (χ4n) is 1.47. The molecule has 0 unspecified atom stereocenters. The maximum Gasteiger partial charge on any atom is 0.134 e. The number of hydrogen-bond acceptors (Lipinski definition) is 4. The van der Waals surface area contributed by atoms with Crippen molar-refractivity contribution in [1.29, 1.82) is 0 Å². The van der Waals surface area contributed by atoms with Gasteiger partial charge in [0, 0.05) is 6.07 Å². The van der Waals surface area contributed by atoms with Crippen molar-refractivity contribution in [3.63, 3.8) is 0 Å². The number of fused-ring (bicyclic) bond motifs is 1. The highest BCUT2D eigenvalue weighted by Gasteiger charge is 2.08. The van der Waals surface area contributed by atoms with Crippen LogP contribution in [0.2, 0.25) is 0 Å². The Bertz CT molecular complexity index is 657. The Morgan fingerprint density at radius 2 is 2.00 bits per heavy atom. The summed E-state index contributed by atoms with van der Waals surface area (Å²) in [7, 11) is 0. The predicted molar refractivity (Wildman–Crippen MR) is 67.3 cm³/mol. The van der Waals surface area contributed by atoms with Crippen LogP contribution in [-0.2, 0) is 0 Å². The van der Waals surface area contributed by atoms with Gasteiger partial charge in [0.25, 0.3) is 0 Å². The zero-order valence-electron chi connectivity index (χ0n) is 8.11. The van der Waals surface area contributed by atoms with Crippen LogP contribution in [0.25, 0.3) is 20.1 Å². The molecule has 2 N–H and O–H groups in total. The van der Waals surface area contributed by atoms with E-state index in [-0.39, 0.29) is 5.82 Å². The monoisotopic (exact) mass is 250 g/mol. The normalized spacial score (nSPS) is 11.1. The van der Waals surface area contributed by atoms with Crippen LogP contribution in [0.1, 0.15) is 0 Å². The third kappa shape index (κ3) is 1.58. The second kappa shape index (κ2) is 3.54. The van der Waals surface area contributed by atoms with Crippen molar-refractivity contribution in [3.8, 4) is 9.88 Å². The molecule has 3 aromatic rings. The minimum atomic E-state index is -0.255. The lowest BCUT2D eigenvalue weighted by Crippen LogP contribution is -1.73. The molecular formula is C11H7FN2S2. The Kier molecular flexibility index (Phi) is 2.15. The molecule has 0 amide bonds. The second-order valence-corrected chi connectivity index (χ2v) is 5.48. The van der Waals surface area contributed by atoms with Gasteiger partial charge >= 0.3 is 0 Å². The number of nitrogen functional groups attached to an aromatic ring is 1. The number of nitrogens with two attached hydrogens (primary N) is 1. The van der Waals surface area contributed by atoms with Crippen LogP contribution < -0.4 is 5.73 Å². The molecular weight excluding hydrogens is 243 g/mol. The number of halogens is 1. The Hall–Kier alpha value is -1.46. The molecule has 0 bridgehead atoms. The summed E-state index contributed by atoms with van der Waals surface area (Å²) < 4.78 is 14.0. The SMILES string of the molecule is Nc1ccc(-c2nc3cc(F)ccc3s2)s1. The maximum atomic E-state index is 13.0. The molecule has 0 spiro atoms. The summed E-state index contributed by atoms with van der Waals surface area (Å²) >= 11 is 3.04. The molecule has 0 atom stereocenters. The van der Waals surface area contributed by atoms with Crippen molar-refractivity contribution in [2.45, 2.75) is 0 Å². The van der Waals surface area contributed by atoms with Gasteiger partial charge in [-0.1, -0.05) is 0 Å².